The van der Waals surface area contributed by atoms with E-state index in [1.165, 1.54) is 4.90 Å². The number of unbranched alkanes of at least 4 members (excludes halogenated alkanes) is 1. The Morgan fingerprint density at radius 3 is 2.05 bits per heavy atom. The van der Waals surface area contributed by atoms with Gasteiger partial charge in [-0.25, -0.2) is 0 Å². The molecule has 4 atom stereocenters. The fourth-order valence-electron chi connectivity index (χ4n) is 6.88. The quantitative estimate of drug-likeness (QED) is 0.116. The third-order valence-electron chi connectivity index (χ3n) is 9.54. The van der Waals surface area contributed by atoms with Crippen molar-refractivity contribution in [2.45, 2.75) is 114 Å². The lowest BCUT2D eigenvalue weighted by atomic mass is 9.87. The zero-order valence-corrected chi connectivity index (χ0v) is 25.6. The van der Waals surface area contributed by atoms with Gasteiger partial charge in [0.15, 0.2) is 0 Å². The van der Waals surface area contributed by atoms with E-state index in [0.717, 1.165) is 38.6 Å². The van der Waals surface area contributed by atoms with Gasteiger partial charge in [0, 0.05) is 36.3 Å². The van der Waals surface area contributed by atoms with Crippen LogP contribution in [-0.4, -0.2) is 134 Å². The van der Waals surface area contributed by atoms with Crippen LogP contribution in [-0.2, 0) is 19.2 Å². The molecular formula is C29H53N5O8. The van der Waals surface area contributed by atoms with Crippen molar-refractivity contribution in [2.75, 3.05) is 45.8 Å². The highest BCUT2D eigenvalue weighted by atomic mass is 16.4. The number of nitrogens with one attached hydrogen (secondary N) is 1. The normalized spacial score (nSPS) is 24.6. The molecule has 1 saturated carbocycles. The Hall–Kier alpha value is -2.32. The molecule has 0 spiro atoms. The minimum atomic E-state index is -1.22. The number of aliphatic carboxylic acids is 4. The number of hydrogen-bond donors (Lipinski definition) is 6. The van der Waals surface area contributed by atoms with Crippen LogP contribution < -0.4 is 11.1 Å². The summed E-state index contributed by atoms with van der Waals surface area (Å²) in [7, 11) is 0. The smallest absolute Gasteiger partial charge is 0.320 e. The summed E-state index contributed by atoms with van der Waals surface area (Å²) < 4.78 is 0. The second kappa shape index (κ2) is 16.5. The maximum Gasteiger partial charge on any atom is 0.320 e. The van der Waals surface area contributed by atoms with E-state index in [1.807, 2.05) is 4.90 Å². The first kappa shape index (κ1) is 35.9. The Labute approximate surface area is 249 Å². The molecule has 0 aromatic rings. The lowest BCUT2D eigenvalue weighted by Crippen LogP contribution is -2.64. The molecule has 0 aromatic carbocycles. The van der Waals surface area contributed by atoms with Crippen molar-refractivity contribution in [3.05, 3.63) is 0 Å². The zero-order valence-electron chi connectivity index (χ0n) is 25.6. The highest BCUT2D eigenvalue weighted by Crippen LogP contribution is 2.37. The van der Waals surface area contributed by atoms with E-state index in [9.17, 15) is 39.6 Å². The molecule has 0 radical (unpaired) electrons. The zero-order chi connectivity index (χ0) is 31.5. The predicted octanol–water partition coefficient (Wildman–Crippen LogP) is 1.35. The number of carboxylic acid groups (broad SMARTS) is 4. The molecule has 1 heterocycles. The lowest BCUT2D eigenvalue weighted by molar-refractivity contribution is -0.150. The van der Waals surface area contributed by atoms with Gasteiger partial charge < -0.3 is 31.5 Å². The van der Waals surface area contributed by atoms with E-state index in [1.54, 1.807) is 4.90 Å². The molecule has 13 nitrogen and oxygen atoms in total. The number of carboxylic acids is 4. The van der Waals surface area contributed by atoms with Gasteiger partial charge >= 0.3 is 23.9 Å². The Bertz CT molecular complexity index is 900. The third-order valence-corrected chi connectivity index (χ3v) is 9.54. The molecule has 2 rings (SSSR count). The van der Waals surface area contributed by atoms with Crippen molar-refractivity contribution in [3.8, 4) is 0 Å². The molecule has 1 aliphatic carbocycles. The molecule has 0 aromatic heterocycles. The average Bonchev–Trinajstić information content (AvgIpc) is 3.05. The Balaban J connectivity index is 2.51. The SMILES string of the molecule is CCC(C)(CC)NCCCCC(C(=O)O)N1CC(CCN)(N(CC(=O)O)CC(=O)O)CN(CC(=O)O)C2CCCCC21. The lowest BCUT2D eigenvalue weighted by Gasteiger charge is -2.47. The second-order valence-corrected chi connectivity index (χ2v) is 12.3. The first-order valence-electron chi connectivity index (χ1n) is 15.4. The molecule has 2 aliphatic rings. The number of hydrogen-bond acceptors (Lipinski definition) is 9. The van der Waals surface area contributed by atoms with E-state index in [-0.39, 0.29) is 50.2 Å². The summed E-state index contributed by atoms with van der Waals surface area (Å²) in [5, 5.41) is 43.4. The Morgan fingerprint density at radius 2 is 1.55 bits per heavy atom. The predicted molar refractivity (Wildman–Crippen MR) is 157 cm³/mol. The average molecular weight is 600 g/mol. The van der Waals surface area contributed by atoms with Crippen LogP contribution in [0, 0.1) is 0 Å². The van der Waals surface area contributed by atoms with Crippen LogP contribution in [0.25, 0.3) is 0 Å². The highest BCUT2D eigenvalue weighted by molar-refractivity contribution is 5.74. The minimum absolute atomic E-state index is 0.0273. The van der Waals surface area contributed by atoms with Gasteiger partial charge in [-0.1, -0.05) is 33.1 Å². The molecule has 7 N–H and O–H groups in total. The van der Waals surface area contributed by atoms with Gasteiger partial charge in [-0.3, -0.25) is 33.9 Å². The van der Waals surface area contributed by atoms with E-state index < -0.39 is 48.5 Å². The summed E-state index contributed by atoms with van der Waals surface area (Å²) in [5.74, 6) is -4.49. The molecular weight excluding hydrogens is 546 g/mol. The van der Waals surface area contributed by atoms with Crippen LogP contribution >= 0.6 is 0 Å². The first-order valence-corrected chi connectivity index (χ1v) is 15.4. The minimum Gasteiger partial charge on any atom is -0.480 e. The van der Waals surface area contributed by atoms with E-state index in [4.69, 9.17) is 5.73 Å². The summed E-state index contributed by atoms with van der Waals surface area (Å²) in [6.45, 7) is 5.97. The monoisotopic (exact) mass is 599 g/mol. The summed E-state index contributed by atoms with van der Waals surface area (Å²) >= 11 is 0. The van der Waals surface area contributed by atoms with Gasteiger partial charge in [-0.05, 0) is 65.0 Å². The first-order chi connectivity index (χ1) is 19.8. The molecule has 0 amide bonds. The Kier molecular flexibility index (Phi) is 14.1. The van der Waals surface area contributed by atoms with Gasteiger partial charge in [-0.2, -0.15) is 0 Å². The fourth-order valence-corrected chi connectivity index (χ4v) is 6.88. The maximum absolute atomic E-state index is 12.9. The van der Waals surface area contributed by atoms with Crippen molar-refractivity contribution in [1.29, 1.82) is 0 Å². The summed E-state index contributed by atoms with van der Waals surface area (Å²) in [4.78, 5) is 53.8. The van der Waals surface area contributed by atoms with Crippen molar-refractivity contribution in [3.63, 3.8) is 0 Å². The van der Waals surface area contributed by atoms with Gasteiger partial charge in [0.25, 0.3) is 0 Å². The highest BCUT2D eigenvalue weighted by Gasteiger charge is 2.51. The van der Waals surface area contributed by atoms with E-state index in [2.05, 4.69) is 26.1 Å². The number of nitrogens with zero attached hydrogens (tertiary/aromatic N) is 3. The van der Waals surface area contributed by atoms with Crippen LogP contribution in [0.5, 0.6) is 0 Å². The van der Waals surface area contributed by atoms with Crippen molar-refractivity contribution < 1.29 is 39.6 Å². The Morgan fingerprint density at radius 1 is 0.952 bits per heavy atom. The summed E-state index contributed by atoms with van der Waals surface area (Å²) in [6.07, 6.45) is 7.02. The van der Waals surface area contributed by atoms with Crippen LogP contribution in [0.1, 0.15) is 85.0 Å². The largest absolute Gasteiger partial charge is 0.480 e. The van der Waals surface area contributed by atoms with Gasteiger partial charge in [0.2, 0.25) is 0 Å². The summed E-state index contributed by atoms with van der Waals surface area (Å²) in [5.41, 5.74) is 4.89. The number of fused-ring (bicyclic) bond motifs is 1. The fraction of sp³-hybridized carbons (Fsp3) is 0.862. The molecule has 13 heteroatoms. The second-order valence-electron chi connectivity index (χ2n) is 12.3. The van der Waals surface area contributed by atoms with Crippen molar-refractivity contribution in [1.82, 2.24) is 20.0 Å². The van der Waals surface area contributed by atoms with Crippen LogP contribution in [0.2, 0.25) is 0 Å². The number of carbonyl (C=O) groups is 4. The molecule has 242 valence electrons. The van der Waals surface area contributed by atoms with Gasteiger partial charge in [0.1, 0.15) is 6.04 Å². The van der Waals surface area contributed by atoms with E-state index in [0.29, 0.717) is 25.7 Å². The number of nitrogens with two attached hydrogens (primary N) is 1. The molecule has 1 saturated heterocycles. The van der Waals surface area contributed by atoms with Crippen molar-refractivity contribution >= 4 is 23.9 Å². The van der Waals surface area contributed by atoms with Crippen molar-refractivity contribution in [2.24, 2.45) is 5.73 Å². The van der Waals surface area contributed by atoms with Crippen LogP contribution in [0.4, 0.5) is 0 Å². The molecule has 1 aliphatic heterocycles. The molecule has 4 unspecified atom stereocenters. The van der Waals surface area contributed by atoms with Crippen LogP contribution in [0.15, 0.2) is 0 Å². The summed E-state index contributed by atoms with van der Waals surface area (Å²) in [6, 6.07) is -1.42. The maximum atomic E-state index is 12.9. The molecule has 0 bridgehead atoms. The topological polar surface area (TPSA) is 197 Å². The molecule has 2 fully saturated rings. The van der Waals surface area contributed by atoms with Gasteiger partial charge in [0.05, 0.1) is 19.6 Å². The van der Waals surface area contributed by atoms with Crippen LogP contribution in [0.3, 0.4) is 0 Å². The number of rotatable bonds is 19. The van der Waals surface area contributed by atoms with E-state index >= 15 is 0 Å². The molecule has 42 heavy (non-hydrogen) atoms. The standard InChI is InChI=1S/C29H53N5O8/c1-4-28(3,5-2)31-15-9-8-12-23(27(41)42)34-20-29(13-14-30,33(17-25(37)38)18-26(39)40)19-32(16-24(35)36)21-10-6-7-11-22(21)34/h21-23,31H,4-20,30H2,1-3H3,(H,35,36)(H,37,38)(H,39,40)(H,41,42). The van der Waals surface area contributed by atoms with Gasteiger partial charge in [-0.15, -0.1) is 0 Å². The third kappa shape index (κ3) is 9.87.